The van der Waals surface area contributed by atoms with Crippen LogP contribution in [-0.4, -0.2) is 47.3 Å². The van der Waals surface area contributed by atoms with Crippen molar-refractivity contribution in [3.63, 3.8) is 0 Å². The molecule has 4 atom stereocenters. The number of rotatable bonds is 1. The number of nitrogens with zero attached hydrogens (tertiary/aromatic N) is 1. The fourth-order valence-electron chi connectivity index (χ4n) is 3.65. The summed E-state index contributed by atoms with van der Waals surface area (Å²) in [4.78, 5) is 2.63. The summed E-state index contributed by atoms with van der Waals surface area (Å²) < 4.78 is 0. The molecule has 0 aromatic carbocycles. The van der Waals surface area contributed by atoms with Crippen LogP contribution in [-0.2, 0) is 0 Å². The van der Waals surface area contributed by atoms with Crippen molar-refractivity contribution < 1.29 is 5.11 Å². The van der Waals surface area contributed by atoms with Crippen LogP contribution in [0.4, 0.5) is 0 Å². The van der Waals surface area contributed by atoms with Gasteiger partial charge in [-0.3, -0.25) is 4.90 Å². The molecule has 3 aliphatic rings. The number of aliphatic hydroxyl groups excluding tert-OH is 1. The Morgan fingerprint density at radius 3 is 2.29 bits per heavy atom. The molecule has 3 rings (SSSR count). The topological polar surface area (TPSA) is 35.5 Å². The molecule has 0 saturated carbocycles. The van der Waals surface area contributed by atoms with Crippen molar-refractivity contribution in [3.8, 4) is 0 Å². The molecule has 0 amide bonds. The Kier molecular flexibility index (Phi) is 2.26. The maximum Gasteiger partial charge on any atom is 0.0832 e. The first-order chi connectivity index (χ1) is 6.86. The predicted molar refractivity (Wildman–Crippen MR) is 55.2 cm³/mol. The fraction of sp³-hybridized carbons (Fsp3) is 1.00. The minimum Gasteiger partial charge on any atom is -0.390 e. The van der Waals surface area contributed by atoms with Crippen molar-refractivity contribution in [2.75, 3.05) is 13.1 Å². The van der Waals surface area contributed by atoms with Crippen LogP contribution in [0.2, 0.25) is 0 Å². The largest absolute Gasteiger partial charge is 0.390 e. The Labute approximate surface area is 85.5 Å². The second-order valence-corrected chi connectivity index (χ2v) is 5.06. The average molecular weight is 196 g/mol. The molecule has 80 valence electrons. The van der Waals surface area contributed by atoms with Gasteiger partial charge in [-0.15, -0.1) is 0 Å². The lowest BCUT2D eigenvalue weighted by atomic mass is 9.99. The zero-order chi connectivity index (χ0) is 9.54. The Morgan fingerprint density at radius 2 is 1.71 bits per heavy atom. The van der Waals surface area contributed by atoms with Gasteiger partial charge >= 0.3 is 0 Å². The standard InChI is InChI=1S/C11H20N2O/c14-11-7-12-6-10(11)13-8-2-1-3-9(13)5-4-8/h8-12,14H,1-7H2/t8?,9?,10-,11-/m1/s1. The molecule has 0 radical (unpaired) electrons. The molecule has 14 heavy (non-hydrogen) atoms. The van der Waals surface area contributed by atoms with Gasteiger partial charge in [0, 0.05) is 31.2 Å². The number of aliphatic hydroxyl groups is 1. The van der Waals surface area contributed by atoms with Crippen molar-refractivity contribution in [2.24, 2.45) is 0 Å². The lowest BCUT2D eigenvalue weighted by molar-refractivity contribution is 0.0290. The van der Waals surface area contributed by atoms with Crippen molar-refractivity contribution in [1.29, 1.82) is 0 Å². The van der Waals surface area contributed by atoms with E-state index in [-0.39, 0.29) is 6.10 Å². The van der Waals surface area contributed by atoms with E-state index in [1.807, 2.05) is 0 Å². The maximum atomic E-state index is 9.90. The zero-order valence-electron chi connectivity index (χ0n) is 8.65. The lowest BCUT2D eigenvalue weighted by Crippen LogP contribution is -2.51. The van der Waals surface area contributed by atoms with E-state index >= 15 is 0 Å². The molecule has 3 nitrogen and oxygen atoms in total. The lowest BCUT2D eigenvalue weighted by Gasteiger charge is -2.40. The smallest absolute Gasteiger partial charge is 0.0832 e. The third-order valence-corrected chi connectivity index (χ3v) is 4.29. The molecule has 3 fully saturated rings. The van der Waals surface area contributed by atoms with Gasteiger partial charge in [0.2, 0.25) is 0 Å². The van der Waals surface area contributed by atoms with Crippen LogP contribution in [0.1, 0.15) is 32.1 Å². The van der Waals surface area contributed by atoms with Crippen LogP contribution in [0.25, 0.3) is 0 Å². The quantitative estimate of drug-likeness (QED) is 0.634. The molecule has 3 aliphatic heterocycles. The summed E-state index contributed by atoms with van der Waals surface area (Å²) in [7, 11) is 0. The first kappa shape index (κ1) is 9.13. The molecule has 0 spiro atoms. The predicted octanol–water partition coefficient (Wildman–Crippen LogP) is 0.336. The van der Waals surface area contributed by atoms with E-state index in [0.29, 0.717) is 6.04 Å². The summed E-state index contributed by atoms with van der Waals surface area (Å²) in [6.45, 7) is 1.79. The molecule has 2 N–H and O–H groups in total. The van der Waals surface area contributed by atoms with Crippen molar-refractivity contribution in [3.05, 3.63) is 0 Å². The number of β-amino-alcohol motifs (C(OH)–C–C–N with tert-alkyl or cyclic N) is 1. The number of nitrogens with one attached hydrogen (secondary N) is 1. The van der Waals surface area contributed by atoms with Gasteiger partial charge in [0.15, 0.2) is 0 Å². The highest BCUT2D eigenvalue weighted by Gasteiger charge is 2.43. The average Bonchev–Trinajstić information content (AvgIpc) is 2.67. The normalized spacial score (nSPS) is 48.6. The summed E-state index contributed by atoms with van der Waals surface area (Å²) in [6.07, 6.45) is 6.74. The zero-order valence-corrected chi connectivity index (χ0v) is 8.65. The van der Waals surface area contributed by atoms with Crippen LogP contribution in [0.5, 0.6) is 0 Å². The van der Waals surface area contributed by atoms with Gasteiger partial charge in [-0.2, -0.15) is 0 Å². The van der Waals surface area contributed by atoms with Crippen molar-refractivity contribution in [2.45, 2.75) is 56.3 Å². The van der Waals surface area contributed by atoms with Gasteiger partial charge in [0.05, 0.1) is 6.10 Å². The maximum absolute atomic E-state index is 9.90. The van der Waals surface area contributed by atoms with Gasteiger partial charge in [-0.1, -0.05) is 6.42 Å². The third-order valence-electron chi connectivity index (χ3n) is 4.29. The van der Waals surface area contributed by atoms with E-state index in [9.17, 15) is 5.11 Å². The molecule has 0 aromatic rings. The highest BCUT2D eigenvalue weighted by atomic mass is 16.3. The molecule has 2 bridgehead atoms. The summed E-state index contributed by atoms with van der Waals surface area (Å²) in [5, 5.41) is 13.2. The number of piperidine rings is 1. The van der Waals surface area contributed by atoms with Crippen LogP contribution < -0.4 is 5.32 Å². The summed E-state index contributed by atoms with van der Waals surface area (Å²) >= 11 is 0. The molecule has 0 aliphatic carbocycles. The van der Waals surface area contributed by atoms with E-state index in [2.05, 4.69) is 10.2 Å². The minimum absolute atomic E-state index is 0.129. The highest BCUT2D eigenvalue weighted by Crippen LogP contribution is 2.38. The van der Waals surface area contributed by atoms with E-state index in [1.54, 1.807) is 0 Å². The van der Waals surface area contributed by atoms with Crippen LogP contribution in [0.3, 0.4) is 0 Å². The molecular weight excluding hydrogens is 176 g/mol. The minimum atomic E-state index is -0.129. The molecule has 3 heteroatoms. The molecular formula is C11H20N2O. The van der Waals surface area contributed by atoms with E-state index in [4.69, 9.17) is 0 Å². The fourth-order valence-corrected chi connectivity index (χ4v) is 3.65. The SMILES string of the molecule is O[C@@H]1CNC[C@H]1N1C2CCCC1CC2. The van der Waals surface area contributed by atoms with Crippen molar-refractivity contribution >= 4 is 0 Å². The molecule has 3 heterocycles. The van der Waals surface area contributed by atoms with E-state index in [1.165, 1.54) is 32.1 Å². The molecule has 2 unspecified atom stereocenters. The summed E-state index contributed by atoms with van der Waals surface area (Å²) in [6, 6.07) is 1.98. The van der Waals surface area contributed by atoms with E-state index < -0.39 is 0 Å². The monoisotopic (exact) mass is 196 g/mol. The second-order valence-electron chi connectivity index (χ2n) is 5.06. The summed E-state index contributed by atoms with van der Waals surface area (Å²) in [5.74, 6) is 0. The molecule has 0 aromatic heterocycles. The third kappa shape index (κ3) is 1.30. The Balaban J connectivity index is 1.77. The first-order valence-electron chi connectivity index (χ1n) is 6.02. The number of hydrogen-bond donors (Lipinski definition) is 2. The van der Waals surface area contributed by atoms with Crippen LogP contribution >= 0.6 is 0 Å². The van der Waals surface area contributed by atoms with Crippen LogP contribution in [0.15, 0.2) is 0 Å². The van der Waals surface area contributed by atoms with Gasteiger partial charge in [0.1, 0.15) is 0 Å². The molecule has 3 saturated heterocycles. The number of fused-ring (bicyclic) bond motifs is 2. The Bertz CT molecular complexity index is 205. The highest BCUT2D eigenvalue weighted by molar-refractivity contribution is 5.00. The number of hydrogen-bond acceptors (Lipinski definition) is 3. The van der Waals surface area contributed by atoms with Crippen molar-refractivity contribution in [1.82, 2.24) is 10.2 Å². The van der Waals surface area contributed by atoms with Gasteiger partial charge in [-0.05, 0) is 25.7 Å². The Morgan fingerprint density at radius 1 is 1.00 bits per heavy atom. The van der Waals surface area contributed by atoms with Gasteiger partial charge in [0.25, 0.3) is 0 Å². The summed E-state index contributed by atoms with van der Waals surface area (Å²) in [5.41, 5.74) is 0. The van der Waals surface area contributed by atoms with Gasteiger partial charge < -0.3 is 10.4 Å². The Hall–Kier alpha value is -0.120. The van der Waals surface area contributed by atoms with E-state index in [0.717, 1.165) is 25.2 Å². The second kappa shape index (κ2) is 3.47. The van der Waals surface area contributed by atoms with Crippen LogP contribution in [0, 0.1) is 0 Å². The first-order valence-corrected chi connectivity index (χ1v) is 6.02. The van der Waals surface area contributed by atoms with Gasteiger partial charge in [-0.25, -0.2) is 0 Å².